The van der Waals surface area contributed by atoms with Gasteiger partial charge in [-0.25, -0.2) is 13.2 Å². The molecule has 0 bridgehead atoms. The summed E-state index contributed by atoms with van der Waals surface area (Å²) in [7, 11) is -3.75. The van der Waals surface area contributed by atoms with Gasteiger partial charge in [0.2, 0.25) is 10.0 Å². The van der Waals surface area contributed by atoms with E-state index < -0.39 is 28.5 Å². The number of carbonyl (C=O) groups excluding carboxylic acids is 2. The molecule has 2 aromatic carbocycles. The van der Waals surface area contributed by atoms with Gasteiger partial charge in [-0.15, -0.1) is 0 Å². The number of aryl methyl sites for hydroxylation is 1. The number of sulfonamides is 1. The van der Waals surface area contributed by atoms with Crippen molar-refractivity contribution in [3.63, 3.8) is 0 Å². The van der Waals surface area contributed by atoms with E-state index in [0.29, 0.717) is 24.5 Å². The summed E-state index contributed by atoms with van der Waals surface area (Å²) in [6.07, 6.45) is 1.99. The molecule has 178 valence electrons. The van der Waals surface area contributed by atoms with Gasteiger partial charge in [0.15, 0.2) is 6.61 Å². The Hall–Kier alpha value is -2.91. The fourth-order valence-corrected chi connectivity index (χ4v) is 5.40. The van der Waals surface area contributed by atoms with Gasteiger partial charge in [0, 0.05) is 31.9 Å². The predicted molar refractivity (Wildman–Crippen MR) is 128 cm³/mol. The van der Waals surface area contributed by atoms with Crippen LogP contribution in [0.5, 0.6) is 0 Å². The lowest BCUT2D eigenvalue weighted by atomic mass is 10.1. The number of anilines is 2. The lowest BCUT2D eigenvalue weighted by molar-refractivity contribution is -0.119. The minimum atomic E-state index is -3.75. The van der Waals surface area contributed by atoms with E-state index in [2.05, 4.69) is 5.32 Å². The van der Waals surface area contributed by atoms with Crippen molar-refractivity contribution in [1.29, 1.82) is 0 Å². The third kappa shape index (κ3) is 5.91. The molecular weight excluding hydrogens is 442 g/mol. The first-order chi connectivity index (χ1) is 15.8. The second-order valence-corrected chi connectivity index (χ2v) is 9.89. The first-order valence-corrected chi connectivity index (χ1v) is 12.6. The normalized spacial score (nSPS) is 13.9. The van der Waals surface area contributed by atoms with Crippen LogP contribution in [-0.2, 0) is 19.6 Å². The molecule has 33 heavy (non-hydrogen) atoms. The van der Waals surface area contributed by atoms with Gasteiger partial charge in [0.25, 0.3) is 5.91 Å². The number of amides is 1. The summed E-state index contributed by atoms with van der Waals surface area (Å²) >= 11 is 0. The molecule has 0 aliphatic carbocycles. The molecule has 2 aromatic rings. The zero-order valence-electron chi connectivity index (χ0n) is 19.3. The van der Waals surface area contributed by atoms with Gasteiger partial charge in [-0.3, -0.25) is 4.79 Å². The standard InChI is InChI=1S/C24H31N3O5S/c1-4-27(5-2)33(30,31)20-11-12-22(26-13-6-7-14-26)21(16-20)24(29)32-17-23(28)25-19-10-8-9-18(3)15-19/h8-12,15-16H,4-7,13-14,17H2,1-3H3,(H,25,28). The first kappa shape index (κ1) is 24.7. The summed E-state index contributed by atoms with van der Waals surface area (Å²) < 4.78 is 32.6. The Labute approximate surface area is 195 Å². The Balaban J connectivity index is 1.82. The largest absolute Gasteiger partial charge is 0.452 e. The molecule has 8 nitrogen and oxygen atoms in total. The molecule has 1 aliphatic heterocycles. The molecule has 1 heterocycles. The molecule has 9 heteroatoms. The molecule has 0 aromatic heterocycles. The molecule has 1 amide bonds. The van der Waals surface area contributed by atoms with Crippen molar-refractivity contribution in [3.8, 4) is 0 Å². The van der Waals surface area contributed by atoms with Crippen molar-refractivity contribution in [2.45, 2.75) is 38.5 Å². The zero-order valence-corrected chi connectivity index (χ0v) is 20.2. The topological polar surface area (TPSA) is 96.0 Å². The van der Waals surface area contributed by atoms with Gasteiger partial charge in [-0.05, 0) is 55.7 Å². The van der Waals surface area contributed by atoms with Crippen molar-refractivity contribution in [1.82, 2.24) is 4.31 Å². The molecule has 0 spiro atoms. The second-order valence-electron chi connectivity index (χ2n) is 7.96. The Kier molecular flexibility index (Phi) is 8.10. The third-order valence-electron chi connectivity index (χ3n) is 5.61. The van der Waals surface area contributed by atoms with Crippen LogP contribution in [0.25, 0.3) is 0 Å². The van der Waals surface area contributed by atoms with E-state index in [9.17, 15) is 18.0 Å². The van der Waals surface area contributed by atoms with Crippen LogP contribution in [0.3, 0.4) is 0 Å². The van der Waals surface area contributed by atoms with E-state index >= 15 is 0 Å². The van der Waals surface area contributed by atoms with Gasteiger partial charge in [-0.1, -0.05) is 26.0 Å². The number of rotatable bonds is 9. The van der Waals surface area contributed by atoms with E-state index in [1.165, 1.54) is 16.4 Å². The third-order valence-corrected chi connectivity index (χ3v) is 7.66. The Morgan fingerprint density at radius 3 is 2.39 bits per heavy atom. The van der Waals surface area contributed by atoms with E-state index in [-0.39, 0.29) is 10.5 Å². The summed E-state index contributed by atoms with van der Waals surface area (Å²) in [6, 6.07) is 11.8. The highest BCUT2D eigenvalue weighted by Crippen LogP contribution is 2.29. The van der Waals surface area contributed by atoms with Crippen LogP contribution in [0.15, 0.2) is 47.4 Å². The summed E-state index contributed by atoms with van der Waals surface area (Å²) in [4.78, 5) is 27.3. The van der Waals surface area contributed by atoms with Crippen LogP contribution in [0.2, 0.25) is 0 Å². The van der Waals surface area contributed by atoms with Crippen LogP contribution in [-0.4, -0.2) is 57.4 Å². The van der Waals surface area contributed by atoms with Crippen molar-refractivity contribution in [2.24, 2.45) is 0 Å². The lowest BCUT2D eigenvalue weighted by Gasteiger charge is -2.23. The van der Waals surface area contributed by atoms with Gasteiger partial charge in [0.1, 0.15) is 0 Å². The predicted octanol–water partition coefficient (Wildman–Crippen LogP) is 3.42. The van der Waals surface area contributed by atoms with Crippen molar-refractivity contribution < 1.29 is 22.7 Å². The van der Waals surface area contributed by atoms with Crippen molar-refractivity contribution >= 4 is 33.3 Å². The summed E-state index contributed by atoms with van der Waals surface area (Å²) in [5, 5.41) is 2.70. The molecule has 1 N–H and O–H groups in total. The molecule has 1 aliphatic rings. The van der Waals surface area contributed by atoms with Gasteiger partial charge in [0.05, 0.1) is 16.1 Å². The van der Waals surface area contributed by atoms with Gasteiger partial charge in [-0.2, -0.15) is 4.31 Å². The maximum absolute atomic E-state index is 13.0. The van der Waals surface area contributed by atoms with E-state index in [0.717, 1.165) is 31.5 Å². The molecule has 0 unspecified atom stereocenters. The van der Waals surface area contributed by atoms with Crippen molar-refractivity contribution in [2.75, 3.05) is 43.0 Å². The van der Waals surface area contributed by atoms with E-state index in [1.807, 2.05) is 30.0 Å². The molecule has 1 saturated heterocycles. The quantitative estimate of drug-likeness (QED) is 0.561. The highest BCUT2D eigenvalue weighted by molar-refractivity contribution is 7.89. The van der Waals surface area contributed by atoms with Gasteiger partial charge < -0.3 is 15.0 Å². The van der Waals surface area contributed by atoms with Crippen molar-refractivity contribution in [3.05, 3.63) is 53.6 Å². The fraction of sp³-hybridized carbons (Fsp3) is 0.417. The average Bonchev–Trinajstić information content (AvgIpc) is 3.32. The number of nitrogens with one attached hydrogen (secondary N) is 1. The Morgan fingerprint density at radius 2 is 1.76 bits per heavy atom. The minimum Gasteiger partial charge on any atom is -0.452 e. The SMILES string of the molecule is CCN(CC)S(=O)(=O)c1ccc(N2CCCC2)c(C(=O)OCC(=O)Nc2cccc(C)c2)c1. The summed E-state index contributed by atoms with van der Waals surface area (Å²) in [6.45, 7) is 7.17. The molecule has 0 saturated carbocycles. The lowest BCUT2D eigenvalue weighted by Crippen LogP contribution is -2.31. The fourth-order valence-electron chi connectivity index (χ4n) is 3.91. The molecular formula is C24H31N3O5S. The van der Waals surface area contributed by atoms with Gasteiger partial charge >= 0.3 is 5.97 Å². The maximum Gasteiger partial charge on any atom is 0.340 e. The molecule has 1 fully saturated rings. The molecule has 0 radical (unpaired) electrons. The monoisotopic (exact) mass is 473 g/mol. The van der Waals surface area contributed by atoms with Crippen LogP contribution >= 0.6 is 0 Å². The Morgan fingerprint density at radius 1 is 1.06 bits per heavy atom. The molecule has 0 atom stereocenters. The van der Waals surface area contributed by atoms with Crippen LogP contribution in [0, 0.1) is 6.92 Å². The minimum absolute atomic E-state index is 0.0327. The number of hydrogen-bond acceptors (Lipinski definition) is 6. The highest BCUT2D eigenvalue weighted by atomic mass is 32.2. The number of carbonyl (C=O) groups is 2. The number of ether oxygens (including phenoxy) is 1. The summed E-state index contributed by atoms with van der Waals surface area (Å²) in [5.74, 6) is -1.20. The van der Waals surface area contributed by atoms with Crippen LogP contribution in [0.1, 0.15) is 42.6 Å². The first-order valence-electron chi connectivity index (χ1n) is 11.2. The van der Waals surface area contributed by atoms with E-state index in [1.54, 1.807) is 26.0 Å². The number of esters is 1. The zero-order chi connectivity index (χ0) is 24.0. The maximum atomic E-state index is 13.0. The average molecular weight is 474 g/mol. The molecule has 3 rings (SSSR count). The summed E-state index contributed by atoms with van der Waals surface area (Å²) in [5.41, 5.74) is 2.37. The number of hydrogen-bond donors (Lipinski definition) is 1. The highest BCUT2D eigenvalue weighted by Gasteiger charge is 2.27. The smallest absolute Gasteiger partial charge is 0.340 e. The Bertz CT molecular complexity index is 1110. The van der Waals surface area contributed by atoms with Crippen LogP contribution in [0.4, 0.5) is 11.4 Å². The van der Waals surface area contributed by atoms with Crippen LogP contribution < -0.4 is 10.2 Å². The number of benzene rings is 2. The van der Waals surface area contributed by atoms with E-state index in [4.69, 9.17) is 4.74 Å². The second kappa shape index (κ2) is 10.8. The number of nitrogens with zero attached hydrogens (tertiary/aromatic N) is 2.